The molecule has 0 aromatic heterocycles. The molecule has 98 valence electrons. The van der Waals surface area contributed by atoms with Crippen LogP contribution in [-0.4, -0.2) is 12.6 Å². The monoisotopic (exact) mass is 235 g/mol. The van der Waals surface area contributed by atoms with Crippen LogP contribution in [0.25, 0.3) is 0 Å². The second-order valence-corrected chi connectivity index (χ2v) is 5.98. The Hall–Kier alpha value is -0.300. The van der Waals surface area contributed by atoms with Gasteiger partial charge in [-0.3, -0.25) is 0 Å². The maximum atomic E-state index is 3.76. The lowest BCUT2D eigenvalue weighted by molar-refractivity contribution is 0.443. The van der Waals surface area contributed by atoms with E-state index in [1.165, 1.54) is 70.8 Å². The van der Waals surface area contributed by atoms with Gasteiger partial charge in [0, 0.05) is 6.04 Å². The van der Waals surface area contributed by atoms with E-state index in [0.29, 0.717) is 0 Å². The molecule has 17 heavy (non-hydrogen) atoms. The van der Waals surface area contributed by atoms with Crippen LogP contribution >= 0.6 is 0 Å². The third-order valence-corrected chi connectivity index (χ3v) is 4.20. The fourth-order valence-corrected chi connectivity index (χ4v) is 2.87. The van der Waals surface area contributed by atoms with Crippen LogP contribution < -0.4 is 5.32 Å². The number of hydrogen-bond acceptors (Lipinski definition) is 1. The third-order valence-electron chi connectivity index (χ3n) is 4.20. The van der Waals surface area contributed by atoms with Gasteiger partial charge >= 0.3 is 0 Å². The molecule has 0 aromatic carbocycles. The summed E-state index contributed by atoms with van der Waals surface area (Å²) in [5.74, 6) is 1.08. The zero-order valence-corrected chi connectivity index (χ0v) is 11.5. The molecule has 0 aromatic rings. The van der Waals surface area contributed by atoms with Gasteiger partial charge in [-0.25, -0.2) is 0 Å². The fraction of sp³-hybridized carbons (Fsp3) is 0.875. The van der Waals surface area contributed by atoms with Crippen LogP contribution in [0.3, 0.4) is 0 Å². The lowest BCUT2D eigenvalue weighted by Gasteiger charge is -2.22. The Morgan fingerprint density at radius 2 is 2.24 bits per heavy atom. The highest BCUT2D eigenvalue weighted by atomic mass is 14.9. The summed E-state index contributed by atoms with van der Waals surface area (Å²) in [6.07, 6.45) is 16.5. The first-order valence-corrected chi connectivity index (χ1v) is 7.79. The summed E-state index contributed by atoms with van der Waals surface area (Å²) in [4.78, 5) is 0. The zero-order chi connectivity index (χ0) is 11.9. The normalized spacial score (nSPS) is 22.3. The smallest absolute Gasteiger partial charge is 0.0104 e. The van der Waals surface area contributed by atoms with Crippen molar-refractivity contribution in [2.24, 2.45) is 5.92 Å². The Balaban J connectivity index is 1.73. The second kappa shape index (κ2) is 7.20. The number of allylic oxidation sites excluding steroid dienone is 1. The molecular formula is C16H29N. The second-order valence-electron chi connectivity index (χ2n) is 5.98. The summed E-state index contributed by atoms with van der Waals surface area (Å²) in [5.41, 5.74) is 1.74. The summed E-state index contributed by atoms with van der Waals surface area (Å²) in [5, 5.41) is 3.76. The molecule has 1 heteroatoms. The Labute approximate surface area is 107 Å². The van der Waals surface area contributed by atoms with Crippen LogP contribution in [0.5, 0.6) is 0 Å². The molecule has 0 radical (unpaired) electrons. The molecule has 1 unspecified atom stereocenters. The molecule has 0 amide bonds. The molecule has 0 bridgehead atoms. The van der Waals surface area contributed by atoms with Crippen LogP contribution in [0.4, 0.5) is 0 Å². The van der Waals surface area contributed by atoms with Crippen molar-refractivity contribution in [3.8, 4) is 0 Å². The van der Waals surface area contributed by atoms with Gasteiger partial charge < -0.3 is 5.32 Å². The summed E-state index contributed by atoms with van der Waals surface area (Å²) >= 11 is 0. The lowest BCUT2D eigenvalue weighted by Crippen LogP contribution is -2.30. The summed E-state index contributed by atoms with van der Waals surface area (Å²) in [6, 6.07) is 0.764. The summed E-state index contributed by atoms with van der Waals surface area (Å²) < 4.78 is 0. The Bertz CT molecular complexity index is 240. The van der Waals surface area contributed by atoms with Gasteiger partial charge in [-0.1, -0.05) is 31.4 Å². The quantitative estimate of drug-likeness (QED) is 0.613. The molecule has 0 aliphatic heterocycles. The van der Waals surface area contributed by atoms with E-state index in [0.717, 1.165) is 12.0 Å². The Morgan fingerprint density at radius 3 is 2.88 bits per heavy atom. The number of nitrogens with one attached hydrogen (secondary N) is 1. The molecule has 1 nitrogen and oxygen atoms in total. The van der Waals surface area contributed by atoms with E-state index in [2.05, 4.69) is 18.3 Å². The average Bonchev–Trinajstić information content (AvgIpc) is 3.18. The van der Waals surface area contributed by atoms with Gasteiger partial charge in [-0.2, -0.15) is 0 Å². The van der Waals surface area contributed by atoms with Crippen molar-refractivity contribution >= 4 is 0 Å². The van der Waals surface area contributed by atoms with Gasteiger partial charge in [0.15, 0.2) is 0 Å². The number of rotatable bonds is 8. The predicted octanol–water partition coefficient (Wildman–Crippen LogP) is 4.44. The van der Waals surface area contributed by atoms with Crippen molar-refractivity contribution in [3.05, 3.63) is 11.6 Å². The minimum atomic E-state index is 0.764. The standard InChI is InChI=1S/C16H29N/c1-2-12-17-16(11-10-14-8-9-14)13-15-6-4-3-5-7-15/h6,14,16-17H,2-5,7-13H2,1H3. The SMILES string of the molecule is CCCNC(CCC1CC1)CC1=CCCCC1. The number of hydrogen-bond donors (Lipinski definition) is 1. The van der Waals surface area contributed by atoms with E-state index >= 15 is 0 Å². The van der Waals surface area contributed by atoms with Gasteiger partial charge in [-0.05, 0) is 63.8 Å². The van der Waals surface area contributed by atoms with E-state index < -0.39 is 0 Å². The summed E-state index contributed by atoms with van der Waals surface area (Å²) in [6.45, 7) is 3.47. The molecule has 0 saturated heterocycles. The third kappa shape index (κ3) is 5.25. The molecule has 1 saturated carbocycles. The van der Waals surface area contributed by atoms with E-state index in [1.807, 2.05) is 0 Å². The zero-order valence-electron chi connectivity index (χ0n) is 11.5. The molecule has 2 aliphatic rings. The van der Waals surface area contributed by atoms with Gasteiger partial charge in [0.2, 0.25) is 0 Å². The van der Waals surface area contributed by atoms with Crippen LogP contribution in [0.15, 0.2) is 11.6 Å². The predicted molar refractivity (Wildman–Crippen MR) is 75.2 cm³/mol. The van der Waals surface area contributed by atoms with Crippen molar-refractivity contribution in [3.63, 3.8) is 0 Å². The molecule has 2 rings (SSSR count). The van der Waals surface area contributed by atoms with Gasteiger partial charge in [0.05, 0.1) is 0 Å². The molecule has 1 N–H and O–H groups in total. The topological polar surface area (TPSA) is 12.0 Å². The largest absolute Gasteiger partial charge is 0.314 e. The molecule has 0 spiro atoms. The van der Waals surface area contributed by atoms with Gasteiger partial charge in [0.25, 0.3) is 0 Å². The molecule has 1 atom stereocenters. The van der Waals surface area contributed by atoms with Crippen molar-refractivity contribution < 1.29 is 0 Å². The van der Waals surface area contributed by atoms with Crippen LogP contribution in [0.1, 0.15) is 71.1 Å². The van der Waals surface area contributed by atoms with Crippen LogP contribution in [0, 0.1) is 5.92 Å². The minimum absolute atomic E-state index is 0.764. The highest BCUT2D eigenvalue weighted by Crippen LogP contribution is 2.34. The fourth-order valence-electron chi connectivity index (χ4n) is 2.87. The van der Waals surface area contributed by atoms with E-state index in [-0.39, 0.29) is 0 Å². The molecule has 1 fully saturated rings. The minimum Gasteiger partial charge on any atom is -0.314 e. The van der Waals surface area contributed by atoms with Gasteiger partial charge in [-0.15, -0.1) is 0 Å². The maximum absolute atomic E-state index is 3.76. The maximum Gasteiger partial charge on any atom is 0.0104 e. The highest BCUT2D eigenvalue weighted by Gasteiger charge is 2.22. The van der Waals surface area contributed by atoms with Crippen molar-refractivity contribution in [2.75, 3.05) is 6.54 Å². The van der Waals surface area contributed by atoms with Crippen molar-refractivity contribution in [1.82, 2.24) is 5.32 Å². The van der Waals surface area contributed by atoms with E-state index in [1.54, 1.807) is 5.57 Å². The molecule has 2 aliphatic carbocycles. The lowest BCUT2D eigenvalue weighted by atomic mass is 9.92. The summed E-state index contributed by atoms with van der Waals surface area (Å²) in [7, 11) is 0. The molecular weight excluding hydrogens is 206 g/mol. The first-order valence-electron chi connectivity index (χ1n) is 7.79. The van der Waals surface area contributed by atoms with E-state index in [9.17, 15) is 0 Å². The average molecular weight is 235 g/mol. The highest BCUT2D eigenvalue weighted by molar-refractivity contribution is 5.07. The van der Waals surface area contributed by atoms with Crippen LogP contribution in [0.2, 0.25) is 0 Å². The van der Waals surface area contributed by atoms with E-state index in [4.69, 9.17) is 0 Å². The molecule has 0 heterocycles. The Kier molecular flexibility index (Phi) is 5.57. The van der Waals surface area contributed by atoms with Crippen molar-refractivity contribution in [2.45, 2.75) is 77.2 Å². The van der Waals surface area contributed by atoms with Gasteiger partial charge in [0.1, 0.15) is 0 Å². The first-order chi connectivity index (χ1) is 8.38. The first kappa shape index (κ1) is 13.1. The Morgan fingerprint density at radius 1 is 1.35 bits per heavy atom. The van der Waals surface area contributed by atoms with Crippen LogP contribution in [-0.2, 0) is 0 Å². The van der Waals surface area contributed by atoms with Crippen molar-refractivity contribution in [1.29, 1.82) is 0 Å².